The van der Waals surface area contributed by atoms with E-state index in [1.165, 1.54) is 6.07 Å². The van der Waals surface area contributed by atoms with Crippen LogP contribution in [-0.4, -0.2) is 6.54 Å². The van der Waals surface area contributed by atoms with Gasteiger partial charge in [0, 0.05) is 10.0 Å². The van der Waals surface area contributed by atoms with Crippen molar-refractivity contribution in [1.29, 1.82) is 0 Å². The van der Waals surface area contributed by atoms with Gasteiger partial charge in [0.2, 0.25) is 0 Å². The van der Waals surface area contributed by atoms with Crippen LogP contribution in [0.4, 0.5) is 8.78 Å². The molecule has 112 valence electrons. The summed E-state index contributed by atoms with van der Waals surface area (Å²) in [6, 6.07) is 7.83. The van der Waals surface area contributed by atoms with Crippen molar-refractivity contribution in [1.82, 2.24) is 5.32 Å². The summed E-state index contributed by atoms with van der Waals surface area (Å²) < 4.78 is 29.0. The van der Waals surface area contributed by atoms with Crippen molar-refractivity contribution in [3.8, 4) is 0 Å². The van der Waals surface area contributed by atoms with Crippen LogP contribution in [0.15, 0.2) is 39.3 Å². The Balaban J connectivity index is 2.55. The van der Waals surface area contributed by atoms with Crippen LogP contribution in [0.2, 0.25) is 0 Å². The molecule has 0 aliphatic rings. The van der Waals surface area contributed by atoms with Gasteiger partial charge in [0.1, 0.15) is 11.6 Å². The van der Waals surface area contributed by atoms with Gasteiger partial charge < -0.3 is 5.32 Å². The SMILES string of the molecule is CCNC(c1cc(F)c(Br)cc1F)c1ccc(C)cc1Br. The Morgan fingerprint density at radius 1 is 1.00 bits per heavy atom. The first kappa shape index (κ1) is 16.6. The molecule has 0 spiro atoms. The van der Waals surface area contributed by atoms with Crippen molar-refractivity contribution in [2.75, 3.05) is 6.54 Å². The van der Waals surface area contributed by atoms with Crippen molar-refractivity contribution in [3.05, 3.63) is 67.6 Å². The van der Waals surface area contributed by atoms with Crippen molar-refractivity contribution < 1.29 is 8.78 Å². The van der Waals surface area contributed by atoms with Crippen LogP contribution in [0.3, 0.4) is 0 Å². The van der Waals surface area contributed by atoms with Crippen molar-refractivity contribution in [2.24, 2.45) is 0 Å². The maximum Gasteiger partial charge on any atom is 0.137 e. The molecule has 21 heavy (non-hydrogen) atoms. The van der Waals surface area contributed by atoms with Gasteiger partial charge in [-0.05, 0) is 58.7 Å². The predicted molar refractivity (Wildman–Crippen MR) is 88.5 cm³/mol. The van der Waals surface area contributed by atoms with Crippen LogP contribution in [0.5, 0.6) is 0 Å². The third-order valence-electron chi connectivity index (χ3n) is 3.23. The summed E-state index contributed by atoms with van der Waals surface area (Å²) in [6.45, 7) is 4.56. The van der Waals surface area contributed by atoms with Crippen molar-refractivity contribution >= 4 is 31.9 Å². The highest BCUT2D eigenvalue weighted by Crippen LogP contribution is 2.32. The maximum absolute atomic E-state index is 14.2. The Bertz CT molecular complexity index is 659. The summed E-state index contributed by atoms with van der Waals surface area (Å²) in [4.78, 5) is 0. The van der Waals surface area contributed by atoms with E-state index >= 15 is 0 Å². The average Bonchev–Trinajstić information content (AvgIpc) is 2.41. The Labute approximate surface area is 140 Å². The largest absolute Gasteiger partial charge is 0.306 e. The molecule has 1 atom stereocenters. The molecule has 0 heterocycles. The molecular formula is C16H15Br2F2N. The molecule has 0 fully saturated rings. The van der Waals surface area contributed by atoms with Gasteiger partial charge >= 0.3 is 0 Å². The van der Waals surface area contributed by atoms with Crippen molar-refractivity contribution in [2.45, 2.75) is 19.9 Å². The fourth-order valence-electron chi connectivity index (χ4n) is 2.22. The molecule has 0 radical (unpaired) electrons. The van der Waals surface area contributed by atoms with E-state index in [0.29, 0.717) is 12.1 Å². The number of nitrogens with one attached hydrogen (secondary N) is 1. The van der Waals surface area contributed by atoms with Gasteiger partial charge in [-0.25, -0.2) is 8.78 Å². The van der Waals surface area contributed by atoms with E-state index in [1.54, 1.807) is 0 Å². The average molecular weight is 419 g/mol. The molecule has 2 aromatic rings. The fraction of sp³-hybridized carbons (Fsp3) is 0.250. The predicted octanol–water partition coefficient (Wildman–Crippen LogP) is 5.50. The molecule has 0 amide bonds. The van der Waals surface area contributed by atoms with Gasteiger partial charge in [0.05, 0.1) is 10.5 Å². The zero-order valence-corrected chi connectivity index (χ0v) is 14.9. The first-order chi connectivity index (χ1) is 9.93. The summed E-state index contributed by atoms with van der Waals surface area (Å²) in [5.41, 5.74) is 2.27. The first-order valence-electron chi connectivity index (χ1n) is 6.58. The van der Waals surface area contributed by atoms with E-state index < -0.39 is 17.7 Å². The van der Waals surface area contributed by atoms with Crippen LogP contribution < -0.4 is 5.32 Å². The lowest BCUT2D eigenvalue weighted by atomic mass is 9.97. The lowest BCUT2D eigenvalue weighted by molar-refractivity contribution is 0.541. The number of benzene rings is 2. The highest BCUT2D eigenvalue weighted by molar-refractivity contribution is 9.10. The van der Waals surface area contributed by atoms with Gasteiger partial charge in [-0.2, -0.15) is 0 Å². The maximum atomic E-state index is 14.2. The second kappa shape index (κ2) is 6.99. The lowest BCUT2D eigenvalue weighted by Crippen LogP contribution is -2.23. The number of rotatable bonds is 4. The third kappa shape index (κ3) is 3.71. The van der Waals surface area contributed by atoms with E-state index in [2.05, 4.69) is 37.2 Å². The van der Waals surface area contributed by atoms with Crippen LogP contribution in [0.1, 0.15) is 29.7 Å². The standard InChI is InChI=1S/C16H15Br2F2N/c1-3-21-16(10-5-4-9(2)6-12(10)17)11-7-15(20)13(18)8-14(11)19/h4-8,16,21H,3H2,1-2H3. The molecule has 2 rings (SSSR count). The zero-order chi connectivity index (χ0) is 15.6. The summed E-state index contributed by atoms with van der Waals surface area (Å²) in [5, 5.41) is 3.21. The van der Waals surface area contributed by atoms with Crippen LogP contribution in [0.25, 0.3) is 0 Å². The van der Waals surface area contributed by atoms with Gasteiger partial charge in [0.25, 0.3) is 0 Å². The molecule has 0 aromatic heterocycles. The normalized spacial score (nSPS) is 12.5. The second-order valence-electron chi connectivity index (χ2n) is 4.80. The van der Waals surface area contributed by atoms with Crippen molar-refractivity contribution in [3.63, 3.8) is 0 Å². The molecule has 1 nitrogen and oxygen atoms in total. The van der Waals surface area contributed by atoms with Gasteiger partial charge in [-0.15, -0.1) is 0 Å². The van der Waals surface area contributed by atoms with Crippen LogP contribution >= 0.6 is 31.9 Å². The van der Waals surface area contributed by atoms with E-state index in [4.69, 9.17) is 0 Å². The first-order valence-corrected chi connectivity index (χ1v) is 8.16. The summed E-state index contributed by atoms with van der Waals surface area (Å²) >= 11 is 6.51. The number of hydrogen-bond donors (Lipinski definition) is 1. The Morgan fingerprint density at radius 3 is 2.33 bits per heavy atom. The monoisotopic (exact) mass is 417 g/mol. The summed E-state index contributed by atoms with van der Waals surface area (Å²) in [6.07, 6.45) is 0. The van der Waals surface area contributed by atoms with E-state index in [0.717, 1.165) is 21.7 Å². The lowest BCUT2D eigenvalue weighted by Gasteiger charge is -2.21. The number of halogens is 4. The summed E-state index contributed by atoms with van der Waals surface area (Å²) in [5.74, 6) is -0.917. The minimum absolute atomic E-state index is 0.127. The quantitative estimate of drug-likeness (QED) is 0.646. The zero-order valence-electron chi connectivity index (χ0n) is 11.7. The molecule has 1 unspecified atom stereocenters. The van der Waals surface area contributed by atoms with E-state index in [9.17, 15) is 8.78 Å². The Morgan fingerprint density at radius 2 is 1.71 bits per heavy atom. The Hall–Kier alpha value is -0.780. The smallest absolute Gasteiger partial charge is 0.137 e. The van der Waals surface area contributed by atoms with Gasteiger partial charge in [0.15, 0.2) is 0 Å². The minimum atomic E-state index is -0.475. The molecule has 2 aromatic carbocycles. The highest BCUT2D eigenvalue weighted by atomic mass is 79.9. The van der Waals surface area contributed by atoms with Gasteiger partial charge in [-0.1, -0.05) is 35.0 Å². The molecule has 1 N–H and O–H groups in total. The molecule has 0 saturated heterocycles. The van der Waals surface area contributed by atoms with Crippen LogP contribution in [-0.2, 0) is 0 Å². The number of hydrogen-bond acceptors (Lipinski definition) is 1. The van der Waals surface area contributed by atoms with Crippen LogP contribution in [0, 0.1) is 18.6 Å². The fourth-order valence-corrected chi connectivity index (χ4v) is 3.25. The minimum Gasteiger partial charge on any atom is -0.306 e. The topological polar surface area (TPSA) is 12.0 Å². The third-order valence-corrected chi connectivity index (χ3v) is 4.52. The molecule has 5 heteroatoms. The highest BCUT2D eigenvalue weighted by Gasteiger charge is 2.21. The molecule has 0 saturated carbocycles. The van der Waals surface area contributed by atoms with E-state index in [1.807, 2.05) is 32.0 Å². The molecule has 0 bridgehead atoms. The molecule has 0 aliphatic heterocycles. The molecular weight excluding hydrogens is 404 g/mol. The second-order valence-corrected chi connectivity index (χ2v) is 6.51. The van der Waals surface area contributed by atoms with Gasteiger partial charge in [-0.3, -0.25) is 0 Å². The summed E-state index contributed by atoms with van der Waals surface area (Å²) in [7, 11) is 0. The molecule has 0 aliphatic carbocycles. The number of aryl methyl sites for hydroxylation is 1. The Kier molecular flexibility index (Phi) is 5.52. The van der Waals surface area contributed by atoms with E-state index in [-0.39, 0.29) is 4.47 Å².